The number of aldehydes is 1. The highest BCUT2D eigenvalue weighted by Gasteiger charge is 2.20. The highest BCUT2D eigenvalue weighted by Crippen LogP contribution is 2.25. The Balaban J connectivity index is 3.06. The van der Waals surface area contributed by atoms with Crippen LogP contribution in [0.3, 0.4) is 0 Å². The number of nitrogens with one attached hydrogen (secondary N) is 1. The lowest BCUT2D eigenvalue weighted by atomic mass is 10.0. The molecule has 1 rings (SSSR count). The smallest absolute Gasteiger partial charge is 0.412 e. The van der Waals surface area contributed by atoms with Gasteiger partial charge in [0.2, 0.25) is 0 Å². The first-order chi connectivity index (χ1) is 8.65. The molecule has 0 unspecified atom stereocenters. The van der Waals surface area contributed by atoms with Crippen molar-refractivity contribution >= 4 is 18.1 Å². The van der Waals surface area contributed by atoms with Gasteiger partial charge in [-0.25, -0.2) is 9.18 Å². The molecule has 0 heterocycles. The van der Waals surface area contributed by atoms with Crippen molar-refractivity contribution in [2.45, 2.75) is 40.2 Å². The number of hydrogen-bond acceptors (Lipinski definition) is 3. The van der Waals surface area contributed by atoms with Crippen LogP contribution in [0.1, 0.15) is 42.3 Å². The number of carbonyl (C=O) groups excluding carboxylic acids is 2. The van der Waals surface area contributed by atoms with E-state index in [-0.39, 0.29) is 16.8 Å². The van der Waals surface area contributed by atoms with E-state index in [1.165, 1.54) is 13.0 Å². The predicted molar refractivity (Wildman–Crippen MR) is 71.1 cm³/mol. The predicted octanol–water partition coefficient (Wildman–Crippen LogP) is 3.60. The Labute approximate surface area is 112 Å². The molecule has 0 bridgehead atoms. The monoisotopic (exact) mass is 267 g/mol. The summed E-state index contributed by atoms with van der Waals surface area (Å²) in [5.74, 6) is -0.618. The number of amides is 1. The number of carbonyl (C=O) groups is 2. The molecule has 4 nitrogen and oxygen atoms in total. The van der Waals surface area contributed by atoms with Gasteiger partial charge in [-0.2, -0.15) is 0 Å². The maximum atomic E-state index is 14.1. The van der Waals surface area contributed by atoms with Crippen molar-refractivity contribution in [3.8, 4) is 0 Å². The van der Waals surface area contributed by atoms with E-state index >= 15 is 0 Å². The van der Waals surface area contributed by atoms with Crippen LogP contribution in [0.25, 0.3) is 0 Å². The van der Waals surface area contributed by atoms with E-state index in [4.69, 9.17) is 4.74 Å². The topological polar surface area (TPSA) is 55.4 Å². The summed E-state index contributed by atoms with van der Waals surface area (Å²) in [6.45, 7) is 8.25. The van der Waals surface area contributed by atoms with Crippen molar-refractivity contribution in [3.63, 3.8) is 0 Å². The summed E-state index contributed by atoms with van der Waals surface area (Å²) in [6.07, 6.45) is -0.143. The van der Waals surface area contributed by atoms with E-state index in [9.17, 15) is 14.0 Å². The largest absolute Gasteiger partial charge is 0.444 e. The Kier molecular flexibility index (Phi) is 4.29. The molecule has 0 spiro atoms. The number of anilines is 1. The minimum atomic E-state index is -0.729. The van der Waals surface area contributed by atoms with Gasteiger partial charge in [0, 0.05) is 5.56 Å². The van der Waals surface area contributed by atoms with Gasteiger partial charge in [0.25, 0.3) is 0 Å². The van der Waals surface area contributed by atoms with E-state index < -0.39 is 17.5 Å². The van der Waals surface area contributed by atoms with Gasteiger partial charge < -0.3 is 4.74 Å². The lowest BCUT2D eigenvalue weighted by Crippen LogP contribution is -2.28. The number of ether oxygens (including phenoxy) is 1. The van der Waals surface area contributed by atoms with Crippen LogP contribution in [-0.4, -0.2) is 18.0 Å². The van der Waals surface area contributed by atoms with Crippen molar-refractivity contribution in [3.05, 3.63) is 28.6 Å². The van der Waals surface area contributed by atoms with Crippen LogP contribution in [0.4, 0.5) is 14.9 Å². The van der Waals surface area contributed by atoms with Crippen LogP contribution in [-0.2, 0) is 4.74 Å². The molecule has 1 aromatic carbocycles. The second-order valence-electron chi connectivity index (χ2n) is 5.34. The molecule has 0 saturated carbocycles. The lowest BCUT2D eigenvalue weighted by molar-refractivity contribution is 0.0635. The molecule has 0 aliphatic heterocycles. The third-order valence-electron chi connectivity index (χ3n) is 2.50. The molecule has 1 amide bonds. The molecule has 0 saturated heterocycles. The molecule has 5 heteroatoms. The minimum absolute atomic E-state index is 0.0392. The summed E-state index contributed by atoms with van der Waals surface area (Å²) in [4.78, 5) is 22.4. The fraction of sp³-hybridized carbons (Fsp3) is 0.429. The second-order valence-corrected chi connectivity index (χ2v) is 5.34. The van der Waals surface area contributed by atoms with Gasteiger partial charge in [-0.1, -0.05) is 0 Å². The molecule has 1 aromatic rings. The fourth-order valence-electron chi connectivity index (χ4n) is 1.58. The number of aryl methyl sites for hydroxylation is 1. The zero-order valence-electron chi connectivity index (χ0n) is 11.8. The molecule has 19 heavy (non-hydrogen) atoms. The number of benzene rings is 1. The van der Waals surface area contributed by atoms with E-state index in [1.54, 1.807) is 27.7 Å². The van der Waals surface area contributed by atoms with Crippen LogP contribution in [0.15, 0.2) is 6.07 Å². The van der Waals surface area contributed by atoms with Gasteiger partial charge >= 0.3 is 6.09 Å². The van der Waals surface area contributed by atoms with E-state index in [0.717, 1.165) is 0 Å². The molecule has 0 fully saturated rings. The Morgan fingerprint density at radius 1 is 1.37 bits per heavy atom. The molecule has 104 valence electrons. The Hall–Kier alpha value is -1.91. The average Bonchev–Trinajstić information content (AvgIpc) is 2.27. The number of halogens is 1. The van der Waals surface area contributed by atoms with Gasteiger partial charge in [-0.3, -0.25) is 10.1 Å². The zero-order valence-corrected chi connectivity index (χ0v) is 11.8. The van der Waals surface area contributed by atoms with Crippen LogP contribution < -0.4 is 5.32 Å². The normalized spacial score (nSPS) is 11.1. The molecular weight excluding hydrogens is 249 g/mol. The van der Waals surface area contributed by atoms with Crippen molar-refractivity contribution in [2.75, 3.05) is 5.32 Å². The van der Waals surface area contributed by atoms with E-state index in [2.05, 4.69) is 5.32 Å². The maximum absolute atomic E-state index is 14.1. The van der Waals surface area contributed by atoms with Crippen molar-refractivity contribution in [2.24, 2.45) is 0 Å². The van der Waals surface area contributed by atoms with Gasteiger partial charge in [0.1, 0.15) is 11.9 Å². The standard InChI is InChI=1S/C14H18FNO3/c1-8-6-10(7-17)9(2)11(15)12(8)16-13(18)19-14(3,4)5/h6-7H,1-5H3,(H,16,18). The van der Waals surface area contributed by atoms with Crippen molar-refractivity contribution < 1.29 is 18.7 Å². The van der Waals surface area contributed by atoms with Gasteiger partial charge in [0.05, 0.1) is 5.69 Å². The quantitative estimate of drug-likeness (QED) is 0.833. The molecule has 1 N–H and O–H groups in total. The molecule has 0 aromatic heterocycles. The Morgan fingerprint density at radius 2 is 1.95 bits per heavy atom. The van der Waals surface area contributed by atoms with Crippen LogP contribution in [0.5, 0.6) is 0 Å². The molecular formula is C14H18FNO3. The van der Waals surface area contributed by atoms with Crippen LogP contribution in [0, 0.1) is 19.7 Å². The molecule has 0 aliphatic carbocycles. The van der Waals surface area contributed by atoms with Crippen molar-refractivity contribution in [1.29, 1.82) is 0 Å². The first-order valence-electron chi connectivity index (χ1n) is 5.90. The third-order valence-corrected chi connectivity index (χ3v) is 2.50. The van der Waals surface area contributed by atoms with E-state index in [0.29, 0.717) is 11.8 Å². The Morgan fingerprint density at radius 3 is 2.42 bits per heavy atom. The highest BCUT2D eigenvalue weighted by atomic mass is 19.1. The minimum Gasteiger partial charge on any atom is -0.444 e. The highest BCUT2D eigenvalue weighted by molar-refractivity contribution is 5.88. The summed E-state index contributed by atoms with van der Waals surface area (Å²) in [7, 11) is 0. The third kappa shape index (κ3) is 3.77. The zero-order chi connectivity index (χ0) is 14.8. The summed E-state index contributed by atoms with van der Waals surface area (Å²) in [5.41, 5.74) is 0.316. The van der Waals surface area contributed by atoms with Crippen LogP contribution >= 0.6 is 0 Å². The van der Waals surface area contributed by atoms with Gasteiger partial charge in [-0.05, 0) is 51.8 Å². The molecule has 0 aliphatic rings. The summed E-state index contributed by atoms with van der Waals surface area (Å²) in [5, 5.41) is 2.38. The average molecular weight is 267 g/mol. The van der Waals surface area contributed by atoms with Gasteiger partial charge in [0.15, 0.2) is 5.82 Å². The number of hydrogen-bond donors (Lipinski definition) is 1. The van der Waals surface area contributed by atoms with Crippen molar-refractivity contribution in [1.82, 2.24) is 0 Å². The lowest BCUT2D eigenvalue weighted by Gasteiger charge is -2.20. The summed E-state index contributed by atoms with van der Waals surface area (Å²) >= 11 is 0. The Bertz CT molecular complexity index is 518. The second kappa shape index (κ2) is 5.38. The first-order valence-corrected chi connectivity index (χ1v) is 5.90. The van der Waals surface area contributed by atoms with Crippen LogP contribution in [0.2, 0.25) is 0 Å². The van der Waals surface area contributed by atoms with Gasteiger partial charge in [-0.15, -0.1) is 0 Å². The summed E-state index contributed by atoms with van der Waals surface area (Å²) < 4.78 is 19.1. The SMILES string of the molecule is Cc1cc(C=O)c(C)c(F)c1NC(=O)OC(C)(C)C. The summed E-state index contributed by atoms with van der Waals surface area (Å²) in [6, 6.07) is 1.53. The molecule has 0 atom stereocenters. The number of rotatable bonds is 2. The van der Waals surface area contributed by atoms with E-state index in [1.807, 2.05) is 0 Å². The fourth-order valence-corrected chi connectivity index (χ4v) is 1.58. The first kappa shape index (κ1) is 15.1. The molecule has 0 radical (unpaired) electrons. The maximum Gasteiger partial charge on any atom is 0.412 e.